The lowest BCUT2D eigenvalue weighted by molar-refractivity contribution is -0.386. The zero-order chi connectivity index (χ0) is 15.3. The molecule has 3 amide bonds. The van der Waals surface area contributed by atoms with E-state index in [1.807, 2.05) is 6.92 Å². The van der Waals surface area contributed by atoms with Crippen LogP contribution in [0.5, 0.6) is 0 Å². The molecular formula is C11H17N5O4. The van der Waals surface area contributed by atoms with Crippen LogP contribution in [0, 0.1) is 24.0 Å². The number of nitrogens with one attached hydrogen (secondary N) is 2. The molecule has 0 saturated carbocycles. The Kier molecular flexibility index (Phi) is 5.18. The molecule has 20 heavy (non-hydrogen) atoms. The van der Waals surface area contributed by atoms with Crippen LogP contribution in [0.3, 0.4) is 0 Å². The van der Waals surface area contributed by atoms with Crippen LogP contribution in [0.25, 0.3) is 0 Å². The Labute approximate surface area is 115 Å². The van der Waals surface area contributed by atoms with Crippen LogP contribution >= 0.6 is 0 Å². The fourth-order valence-corrected chi connectivity index (χ4v) is 1.69. The first-order valence-corrected chi connectivity index (χ1v) is 6.12. The van der Waals surface area contributed by atoms with Gasteiger partial charge in [0, 0.05) is 6.54 Å². The van der Waals surface area contributed by atoms with Gasteiger partial charge in [0.1, 0.15) is 17.9 Å². The van der Waals surface area contributed by atoms with Crippen molar-refractivity contribution in [2.24, 2.45) is 0 Å². The van der Waals surface area contributed by atoms with E-state index in [9.17, 15) is 19.7 Å². The van der Waals surface area contributed by atoms with E-state index < -0.39 is 16.9 Å². The van der Waals surface area contributed by atoms with Gasteiger partial charge in [0.2, 0.25) is 5.91 Å². The van der Waals surface area contributed by atoms with E-state index in [0.717, 1.165) is 6.42 Å². The molecule has 0 aliphatic rings. The minimum absolute atomic E-state index is 0.117. The van der Waals surface area contributed by atoms with E-state index in [2.05, 4.69) is 15.7 Å². The van der Waals surface area contributed by atoms with Crippen LogP contribution in [0.4, 0.5) is 10.5 Å². The molecule has 2 N–H and O–H groups in total. The molecule has 0 atom stereocenters. The smallest absolute Gasteiger partial charge is 0.321 e. The van der Waals surface area contributed by atoms with Crippen molar-refractivity contribution >= 4 is 17.6 Å². The Balaban J connectivity index is 2.70. The van der Waals surface area contributed by atoms with Gasteiger partial charge in [0.25, 0.3) is 0 Å². The number of aromatic nitrogens is 2. The van der Waals surface area contributed by atoms with Crippen molar-refractivity contribution in [2.75, 3.05) is 6.54 Å². The summed E-state index contributed by atoms with van der Waals surface area (Å²) in [5, 5.41) is 19.4. The van der Waals surface area contributed by atoms with Crippen molar-refractivity contribution in [1.82, 2.24) is 20.4 Å². The van der Waals surface area contributed by atoms with Crippen LogP contribution in [0.2, 0.25) is 0 Å². The molecule has 0 aromatic carbocycles. The predicted octanol–water partition coefficient (Wildman–Crippen LogP) is 0.644. The van der Waals surface area contributed by atoms with Crippen molar-refractivity contribution in [3.05, 3.63) is 21.5 Å². The van der Waals surface area contributed by atoms with Crippen LogP contribution in [0.1, 0.15) is 24.7 Å². The number of aryl methyl sites for hydroxylation is 1. The maximum absolute atomic E-state index is 11.6. The van der Waals surface area contributed by atoms with Crippen LogP contribution in [0.15, 0.2) is 0 Å². The highest BCUT2D eigenvalue weighted by molar-refractivity contribution is 5.94. The molecule has 0 aliphatic heterocycles. The van der Waals surface area contributed by atoms with E-state index in [1.54, 1.807) is 0 Å². The number of urea groups is 1. The van der Waals surface area contributed by atoms with Crippen molar-refractivity contribution in [3.8, 4) is 0 Å². The third-order valence-corrected chi connectivity index (χ3v) is 2.61. The quantitative estimate of drug-likeness (QED) is 0.607. The third-order valence-electron chi connectivity index (χ3n) is 2.61. The van der Waals surface area contributed by atoms with Crippen LogP contribution < -0.4 is 10.6 Å². The number of carbonyl (C=O) groups excluding carboxylic acids is 2. The number of hydrogen-bond acceptors (Lipinski definition) is 5. The van der Waals surface area contributed by atoms with Gasteiger partial charge in [-0.3, -0.25) is 24.9 Å². The van der Waals surface area contributed by atoms with Gasteiger partial charge < -0.3 is 5.32 Å². The zero-order valence-electron chi connectivity index (χ0n) is 11.6. The monoisotopic (exact) mass is 283 g/mol. The molecule has 1 rings (SSSR count). The molecule has 1 heterocycles. The summed E-state index contributed by atoms with van der Waals surface area (Å²) in [4.78, 5) is 33.2. The summed E-state index contributed by atoms with van der Waals surface area (Å²) in [6.07, 6.45) is 0.755. The number of hydrogen-bond donors (Lipinski definition) is 2. The average molecular weight is 283 g/mol. The van der Waals surface area contributed by atoms with Crippen molar-refractivity contribution < 1.29 is 14.5 Å². The number of nitro groups is 1. The fraction of sp³-hybridized carbons (Fsp3) is 0.545. The van der Waals surface area contributed by atoms with Crippen LogP contribution in [-0.2, 0) is 11.3 Å². The lowest BCUT2D eigenvalue weighted by Gasteiger charge is -2.06. The van der Waals surface area contributed by atoms with E-state index in [1.165, 1.54) is 18.5 Å². The molecule has 0 radical (unpaired) electrons. The van der Waals surface area contributed by atoms with E-state index in [-0.39, 0.29) is 23.6 Å². The number of carbonyl (C=O) groups is 2. The summed E-state index contributed by atoms with van der Waals surface area (Å²) in [6, 6.07) is -0.590. The summed E-state index contributed by atoms with van der Waals surface area (Å²) < 4.78 is 1.20. The average Bonchev–Trinajstić information content (AvgIpc) is 2.61. The van der Waals surface area contributed by atoms with Gasteiger partial charge in [-0.2, -0.15) is 5.10 Å². The Morgan fingerprint density at radius 3 is 2.55 bits per heavy atom. The summed E-state index contributed by atoms with van der Waals surface area (Å²) in [6.45, 7) is 5.09. The van der Waals surface area contributed by atoms with Crippen molar-refractivity contribution in [1.29, 1.82) is 0 Å². The van der Waals surface area contributed by atoms with Gasteiger partial charge in [-0.1, -0.05) is 6.92 Å². The Hall–Kier alpha value is -2.45. The standard InChI is InChI=1S/C11H17N5O4/c1-4-5-12-11(18)13-9(17)6-15-8(3)10(16(19)20)7(2)14-15/h4-6H2,1-3H3,(H2,12,13,17,18). The molecule has 0 aliphatic carbocycles. The van der Waals surface area contributed by atoms with Gasteiger partial charge in [-0.15, -0.1) is 0 Å². The molecule has 1 aromatic heterocycles. The first-order valence-electron chi connectivity index (χ1n) is 6.12. The first-order chi connectivity index (χ1) is 9.36. The lowest BCUT2D eigenvalue weighted by Crippen LogP contribution is -2.41. The summed E-state index contributed by atoms with van der Waals surface area (Å²) in [7, 11) is 0. The van der Waals surface area contributed by atoms with Crippen molar-refractivity contribution in [2.45, 2.75) is 33.7 Å². The first kappa shape index (κ1) is 15.6. The zero-order valence-corrected chi connectivity index (χ0v) is 11.6. The highest BCUT2D eigenvalue weighted by Gasteiger charge is 2.22. The van der Waals surface area contributed by atoms with Gasteiger partial charge in [0.15, 0.2) is 0 Å². The van der Waals surface area contributed by atoms with Gasteiger partial charge >= 0.3 is 11.7 Å². The predicted molar refractivity (Wildman–Crippen MR) is 70.2 cm³/mol. The number of imide groups is 1. The molecule has 9 heteroatoms. The maximum Gasteiger partial charge on any atom is 0.321 e. The molecule has 1 aromatic rings. The Morgan fingerprint density at radius 2 is 2.05 bits per heavy atom. The van der Waals surface area contributed by atoms with Gasteiger partial charge in [-0.05, 0) is 20.3 Å². The second-order valence-electron chi connectivity index (χ2n) is 4.24. The largest absolute Gasteiger partial charge is 0.338 e. The maximum atomic E-state index is 11.6. The van der Waals surface area contributed by atoms with Gasteiger partial charge in [0.05, 0.1) is 4.92 Å². The molecule has 0 bridgehead atoms. The van der Waals surface area contributed by atoms with E-state index in [4.69, 9.17) is 0 Å². The molecule has 0 fully saturated rings. The normalized spacial score (nSPS) is 10.2. The lowest BCUT2D eigenvalue weighted by atomic mass is 10.3. The second-order valence-corrected chi connectivity index (χ2v) is 4.24. The molecular weight excluding hydrogens is 266 g/mol. The summed E-state index contributed by atoms with van der Waals surface area (Å²) in [5.41, 5.74) is 0.389. The number of amides is 3. The highest BCUT2D eigenvalue weighted by Crippen LogP contribution is 2.21. The van der Waals surface area contributed by atoms with Crippen LogP contribution in [-0.4, -0.2) is 33.2 Å². The van der Waals surface area contributed by atoms with E-state index >= 15 is 0 Å². The number of nitrogens with zero attached hydrogens (tertiary/aromatic N) is 3. The topological polar surface area (TPSA) is 119 Å². The summed E-state index contributed by atoms with van der Waals surface area (Å²) in [5.74, 6) is -0.584. The van der Waals surface area contributed by atoms with Gasteiger partial charge in [-0.25, -0.2) is 4.79 Å². The van der Waals surface area contributed by atoms with Crippen molar-refractivity contribution in [3.63, 3.8) is 0 Å². The highest BCUT2D eigenvalue weighted by atomic mass is 16.6. The molecule has 0 spiro atoms. The SMILES string of the molecule is CCCNC(=O)NC(=O)Cn1nc(C)c([N+](=O)[O-])c1C. The Bertz CT molecular complexity index is 537. The fourth-order valence-electron chi connectivity index (χ4n) is 1.69. The third kappa shape index (κ3) is 3.77. The molecule has 110 valence electrons. The molecule has 0 saturated heterocycles. The minimum Gasteiger partial charge on any atom is -0.338 e. The Morgan fingerprint density at radius 1 is 1.40 bits per heavy atom. The van der Waals surface area contributed by atoms with E-state index in [0.29, 0.717) is 6.54 Å². The second kappa shape index (κ2) is 6.64. The molecule has 0 unspecified atom stereocenters. The minimum atomic E-state index is -0.590. The molecule has 9 nitrogen and oxygen atoms in total. The summed E-state index contributed by atoms with van der Waals surface area (Å²) >= 11 is 0. The number of rotatable bonds is 5.